The first-order valence-corrected chi connectivity index (χ1v) is 12.6. The van der Waals surface area contributed by atoms with Gasteiger partial charge in [-0.05, 0) is 94.3 Å². The van der Waals surface area contributed by atoms with Crippen LogP contribution in [0.25, 0.3) is 0 Å². The van der Waals surface area contributed by atoms with E-state index in [-0.39, 0.29) is 17.9 Å². The number of rotatable bonds is 7. The lowest BCUT2D eigenvalue weighted by molar-refractivity contribution is -0.121. The summed E-state index contributed by atoms with van der Waals surface area (Å²) in [6.45, 7) is 4.17. The Kier molecular flexibility index (Phi) is 6.31. The molecule has 0 spiro atoms. The van der Waals surface area contributed by atoms with E-state index in [2.05, 4.69) is 15.1 Å². The van der Waals surface area contributed by atoms with Gasteiger partial charge in [-0.3, -0.25) is 14.5 Å². The quantitative estimate of drug-likeness (QED) is 0.728. The van der Waals surface area contributed by atoms with Crippen molar-refractivity contribution in [3.05, 3.63) is 35.9 Å². The van der Waals surface area contributed by atoms with Crippen molar-refractivity contribution in [3.63, 3.8) is 0 Å². The lowest BCUT2D eigenvalue weighted by Crippen LogP contribution is -2.65. The van der Waals surface area contributed by atoms with Crippen LogP contribution in [-0.2, 0) is 4.79 Å². The number of nitrogens with one attached hydrogen (secondary N) is 1. The molecule has 1 aliphatic carbocycles. The highest BCUT2D eigenvalue weighted by atomic mass is 16.2. The van der Waals surface area contributed by atoms with Gasteiger partial charge in [-0.25, -0.2) is 0 Å². The molecule has 4 atom stereocenters. The number of piperidine rings is 3. The van der Waals surface area contributed by atoms with Crippen LogP contribution in [0.3, 0.4) is 0 Å². The molecule has 0 bridgehead atoms. The van der Waals surface area contributed by atoms with E-state index in [0.717, 1.165) is 37.4 Å². The first-order valence-electron chi connectivity index (χ1n) is 12.6. The van der Waals surface area contributed by atoms with Crippen LogP contribution in [0.2, 0.25) is 0 Å². The predicted molar refractivity (Wildman–Crippen MR) is 122 cm³/mol. The van der Waals surface area contributed by atoms with E-state index in [9.17, 15) is 9.59 Å². The van der Waals surface area contributed by atoms with E-state index < -0.39 is 0 Å². The maximum atomic E-state index is 13.6. The Labute approximate surface area is 186 Å². The minimum atomic E-state index is 0.185. The molecule has 5 nitrogen and oxygen atoms in total. The summed E-state index contributed by atoms with van der Waals surface area (Å²) < 4.78 is 0. The fourth-order valence-corrected chi connectivity index (χ4v) is 6.49. The van der Waals surface area contributed by atoms with Crippen LogP contribution in [0.5, 0.6) is 0 Å². The zero-order chi connectivity index (χ0) is 21.2. The lowest BCUT2D eigenvalue weighted by atomic mass is 9.69. The van der Waals surface area contributed by atoms with Gasteiger partial charge in [0, 0.05) is 37.2 Å². The Bertz CT molecular complexity index is 776. The van der Waals surface area contributed by atoms with Crippen molar-refractivity contribution in [1.82, 2.24) is 15.1 Å². The Morgan fingerprint density at radius 2 is 1.77 bits per heavy atom. The molecule has 0 unspecified atom stereocenters. The molecule has 3 aliphatic heterocycles. The van der Waals surface area contributed by atoms with Gasteiger partial charge in [-0.15, -0.1) is 0 Å². The summed E-state index contributed by atoms with van der Waals surface area (Å²) in [7, 11) is 0. The average Bonchev–Trinajstić information content (AvgIpc) is 3.64. The van der Waals surface area contributed by atoms with Crippen molar-refractivity contribution in [2.75, 3.05) is 26.2 Å². The Hall–Kier alpha value is -1.88. The van der Waals surface area contributed by atoms with Crippen LogP contribution < -0.4 is 5.32 Å². The molecule has 1 saturated carbocycles. The Balaban J connectivity index is 1.30. The van der Waals surface area contributed by atoms with Gasteiger partial charge in [0.25, 0.3) is 5.91 Å². The summed E-state index contributed by atoms with van der Waals surface area (Å²) >= 11 is 0. The molecule has 1 N–H and O–H groups in total. The number of benzene rings is 1. The van der Waals surface area contributed by atoms with Gasteiger partial charge >= 0.3 is 0 Å². The van der Waals surface area contributed by atoms with E-state index >= 15 is 0 Å². The third-order valence-electron chi connectivity index (χ3n) is 8.14. The van der Waals surface area contributed by atoms with Crippen LogP contribution in [0.15, 0.2) is 30.3 Å². The number of amides is 2. The van der Waals surface area contributed by atoms with Crippen molar-refractivity contribution < 1.29 is 9.59 Å². The van der Waals surface area contributed by atoms with Crippen LogP contribution in [0, 0.1) is 17.8 Å². The standard InChI is InChI=1S/C26H37N3O2/c30-24(27-17-19-13-14-19)12-4-11-23-22-10-6-16-28-15-5-9-21(25(22)28)18-29(23)26(31)20-7-2-1-3-8-20/h1-3,7-8,19,21-23,25H,4-6,9-18H2,(H,27,30)/t21-,22+,23+,25-/m0/s1. The minimum Gasteiger partial charge on any atom is -0.356 e. The Morgan fingerprint density at radius 3 is 2.55 bits per heavy atom. The molecule has 5 rings (SSSR count). The van der Waals surface area contributed by atoms with Crippen LogP contribution in [0.1, 0.15) is 68.1 Å². The van der Waals surface area contributed by atoms with Crippen molar-refractivity contribution in [3.8, 4) is 0 Å². The molecule has 31 heavy (non-hydrogen) atoms. The fourth-order valence-electron chi connectivity index (χ4n) is 6.49. The van der Waals surface area contributed by atoms with E-state index in [1.165, 1.54) is 51.6 Å². The van der Waals surface area contributed by atoms with Crippen molar-refractivity contribution in [2.45, 2.75) is 69.9 Å². The topological polar surface area (TPSA) is 52.7 Å². The second-order valence-electron chi connectivity index (χ2n) is 10.3. The number of likely N-dealkylation sites (tertiary alicyclic amines) is 1. The molecule has 4 aliphatic rings. The molecule has 168 valence electrons. The molecular formula is C26H37N3O2. The first-order chi connectivity index (χ1) is 15.2. The molecule has 0 radical (unpaired) electrons. The molecule has 4 fully saturated rings. The average molecular weight is 424 g/mol. The van der Waals surface area contributed by atoms with E-state index in [1.54, 1.807) is 0 Å². The normalized spacial score (nSPS) is 30.5. The maximum Gasteiger partial charge on any atom is 0.254 e. The van der Waals surface area contributed by atoms with E-state index in [1.807, 2.05) is 30.3 Å². The molecule has 3 heterocycles. The Morgan fingerprint density at radius 1 is 1.00 bits per heavy atom. The van der Waals surface area contributed by atoms with Gasteiger partial charge in [0.1, 0.15) is 0 Å². The van der Waals surface area contributed by atoms with Gasteiger partial charge in [-0.1, -0.05) is 18.2 Å². The lowest BCUT2D eigenvalue weighted by Gasteiger charge is -2.57. The van der Waals surface area contributed by atoms with Gasteiger partial charge < -0.3 is 10.2 Å². The highest BCUT2D eigenvalue weighted by Gasteiger charge is 2.49. The summed E-state index contributed by atoms with van der Waals surface area (Å²) in [5, 5.41) is 3.10. The molecular weight excluding hydrogens is 386 g/mol. The minimum absolute atomic E-state index is 0.185. The predicted octanol–water partition coefficient (Wildman–Crippen LogP) is 3.70. The van der Waals surface area contributed by atoms with Gasteiger partial charge in [0.05, 0.1) is 0 Å². The molecule has 5 heteroatoms. The largest absolute Gasteiger partial charge is 0.356 e. The zero-order valence-electron chi connectivity index (χ0n) is 18.7. The summed E-state index contributed by atoms with van der Waals surface area (Å²) in [6, 6.07) is 10.7. The van der Waals surface area contributed by atoms with E-state index in [0.29, 0.717) is 24.3 Å². The van der Waals surface area contributed by atoms with Crippen molar-refractivity contribution in [2.24, 2.45) is 17.8 Å². The fraction of sp³-hybridized carbons (Fsp3) is 0.692. The van der Waals surface area contributed by atoms with Crippen molar-refractivity contribution >= 4 is 11.8 Å². The highest BCUT2D eigenvalue weighted by molar-refractivity contribution is 5.94. The van der Waals surface area contributed by atoms with E-state index in [4.69, 9.17) is 0 Å². The number of carbonyl (C=O) groups is 2. The molecule has 1 aromatic carbocycles. The highest BCUT2D eigenvalue weighted by Crippen LogP contribution is 2.43. The van der Waals surface area contributed by atoms with Gasteiger partial charge in [-0.2, -0.15) is 0 Å². The molecule has 2 amide bonds. The van der Waals surface area contributed by atoms with Crippen LogP contribution in [0.4, 0.5) is 0 Å². The third kappa shape index (κ3) is 4.67. The van der Waals surface area contributed by atoms with Gasteiger partial charge in [0.15, 0.2) is 0 Å². The summed E-state index contributed by atoms with van der Waals surface area (Å²) in [5.74, 6) is 2.24. The SMILES string of the molecule is O=C(CCC[C@@H]1[C@H]2CCCN3CCC[C@@H](CN1C(=O)c1ccccc1)[C@@H]23)NCC1CC1. The van der Waals surface area contributed by atoms with Crippen molar-refractivity contribution in [1.29, 1.82) is 0 Å². The number of hydrogen-bond acceptors (Lipinski definition) is 3. The summed E-state index contributed by atoms with van der Waals surface area (Å²) in [4.78, 5) is 30.8. The smallest absolute Gasteiger partial charge is 0.254 e. The second kappa shape index (κ2) is 9.32. The maximum absolute atomic E-state index is 13.6. The summed E-state index contributed by atoms with van der Waals surface area (Å²) in [5.41, 5.74) is 0.802. The molecule has 3 saturated heterocycles. The first kappa shape index (κ1) is 21.0. The van der Waals surface area contributed by atoms with Crippen LogP contribution >= 0.6 is 0 Å². The third-order valence-corrected chi connectivity index (χ3v) is 8.14. The molecule has 1 aromatic rings. The summed E-state index contributed by atoms with van der Waals surface area (Å²) in [6.07, 6.45) is 9.87. The molecule has 0 aromatic heterocycles. The number of nitrogens with zero attached hydrogens (tertiary/aromatic N) is 2. The second-order valence-corrected chi connectivity index (χ2v) is 10.3. The van der Waals surface area contributed by atoms with Gasteiger partial charge in [0.2, 0.25) is 5.91 Å². The number of carbonyl (C=O) groups excluding carboxylic acids is 2. The monoisotopic (exact) mass is 423 g/mol. The van der Waals surface area contributed by atoms with Crippen LogP contribution in [-0.4, -0.2) is 59.9 Å². The zero-order valence-corrected chi connectivity index (χ0v) is 18.7. The number of hydrogen-bond donors (Lipinski definition) is 1.